The quantitative estimate of drug-likeness (QED) is 0.573. The molecule has 0 N–H and O–H groups in total. The Labute approximate surface area is 79.7 Å². The van der Waals surface area contributed by atoms with E-state index >= 15 is 0 Å². The lowest BCUT2D eigenvalue weighted by molar-refractivity contribution is -0.121. The SMILES string of the molecule is CC(=O)C1C2CN(C)CC2CN1C. The van der Waals surface area contributed by atoms with Gasteiger partial charge in [0.25, 0.3) is 0 Å². The van der Waals surface area contributed by atoms with Gasteiger partial charge in [-0.05, 0) is 32.9 Å². The van der Waals surface area contributed by atoms with Crippen molar-refractivity contribution in [3.8, 4) is 0 Å². The van der Waals surface area contributed by atoms with Gasteiger partial charge in [-0.15, -0.1) is 0 Å². The molecule has 2 saturated heterocycles. The van der Waals surface area contributed by atoms with Crippen LogP contribution in [0.2, 0.25) is 0 Å². The molecule has 0 aliphatic carbocycles. The molecular weight excluding hydrogens is 164 g/mol. The van der Waals surface area contributed by atoms with E-state index in [-0.39, 0.29) is 6.04 Å². The molecule has 0 spiro atoms. The van der Waals surface area contributed by atoms with Crippen LogP contribution >= 0.6 is 0 Å². The van der Waals surface area contributed by atoms with Gasteiger partial charge >= 0.3 is 0 Å². The monoisotopic (exact) mass is 182 g/mol. The average molecular weight is 182 g/mol. The molecule has 0 amide bonds. The van der Waals surface area contributed by atoms with Crippen molar-refractivity contribution in [1.82, 2.24) is 9.80 Å². The molecule has 0 bridgehead atoms. The van der Waals surface area contributed by atoms with Gasteiger partial charge in [0.2, 0.25) is 0 Å². The van der Waals surface area contributed by atoms with Crippen LogP contribution < -0.4 is 0 Å². The van der Waals surface area contributed by atoms with Crippen LogP contribution in [0.3, 0.4) is 0 Å². The van der Waals surface area contributed by atoms with Gasteiger partial charge in [-0.25, -0.2) is 0 Å². The Morgan fingerprint density at radius 1 is 1.23 bits per heavy atom. The molecule has 2 aliphatic heterocycles. The summed E-state index contributed by atoms with van der Waals surface area (Å²) >= 11 is 0. The number of ketones is 1. The van der Waals surface area contributed by atoms with Crippen LogP contribution in [0.5, 0.6) is 0 Å². The molecule has 2 aliphatic rings. The molecule has 74 valence electrons. The first kappa shape index (κ1) is 9.16. The van der Waals surface area contributed by atoms with Crippen LogP contribution in [-0.4, -0.2) is 55.4 Å². The van der Waals surface area contributed by atoms with Crippen LogP contribution in [0.1, 0.15) is 6.92 Å². The highest BCUT2D eigenvalue weighted by atomic mass is 16.1. The second-order valence-electron chi connectivity index (χ2n) is 4.64. The number of likely N-dealkylation sites (tertiary alicyclic amines) is 2. The first-order chi connectivity index (χ1) is 6.09. The third-order valence-corrected chi connectivity index (χ3v) is 3.49. The molecule has 3 nitrogen and oxygen atoms in total. The third kappa shape index (κ3) is 1.40. The number of Topliss-reactive ketones (excluding diaryl/α,β-unsaturated/α-hetero) is 1. The summed E-state index contributed by atoms with van der Waals surface area (Å²) in [5.41, 5.74) is 0. The van der Waals surface area contributed by atoms with Gasteiger partial charge in [-0.1, -0.05) is 0 Å². The fourth-order valence-electron chi connectivity index (χ4n) is 3.09. The van der Waals surface area contributed by atoms with E-state index in [0.29, 0.717) is 11.7 Å². The smallest absolute Gasteiger partial charge is 0.147 e. The van der Waals surface area contributed by atoms with E-state index < -0.39 is 0 Å². The fraction of sp³-hybridized carbons (Fsp3) is 0.900. The first-order valence-electron chi connectivity index (χ1n) is 4.99. The zero-order chi connectivity index (χ0) is 9.59. The molecule has 0 aromatic rings. The molecule has 13 heavy (non-hydrogen) atoms. The van der Waals surface area contributed by atoms with Gasteiger partial charge in [0.05, 0.1) is 6.04 Å². The Hall–Kier alpha value is -0.410. The molecule has 0 saturated carbocycles. The van der Waals surface area contributed by atoms with Crippen molar-refractivity contribution in [3.05, 3.63) is 0 Å². The number of hydrogen-bond donors (Lipinski definition) is 0. The van der Waals surface area contributed by atoms with E-state index in [9.17, 15) is 4.79 Å². The summed E-state index contributed by atoms with van der Waals surface area (Å²) in [7, 11) is 4.22. The number of carbonyl (C=O) groups excluding carboxylic acids is 1. The summed E-state index contributed by atoms with van der Waals surface area (Å²) in [6.07, 6.45) is 0. The van der Waals surface area contributed by atoms with Gasteiger partial charge in [0.1, 0.15) is 5.78 Å². The normalized spacial score (nSPS) is 41.0. The highest BCUT2D eigenvalue weighted by Gasteiger charge is 2.46. The maximum Gasteiger partial charge on any atom is 0.147 e. The molecular formula is C10H18N2O. The zero-order valence-electron chi connectivity index (χ0n) is 8.66. The number of nitrogens with zero attached hydrogens (tertiary/aromatic N) is 2. The Morgan fingerprint density at radius 2 is 1.92 bits per heavy atom. The molecule has 0 aromatic carbocycles. The van der Waals surface area contributed by atoms with Gasteiger partial charge in [0.15, 0.2) is 0 Å². The second kappa shape index (κ2) is 3.07. The Balaban J connectivity index is 2.14. The fourth-order valence-corrected chi connectivity index (χ4v) is 3.09. The third-order valence-electron chi connectivity index (χ3n) is 3.49. The Kier molecular flexibility index (Phi) is 2.16. The summed E-state index contributed by atoms with van der Waals surface area (Å²) in [6, 6.07) is 0.190. The maximum absolute atomic E-state index is 11.4. The van der Waals surface area contributed by atoms with Crippen molar-refractivity contribution >= 4 is 5.78 Å². The minimum absolute atomic E-state index is 0.190. The van der Waals surface area contributed by atoms with Gasteiger partial charge in [-0.3, -0.25) is 9.69 Å². The predicted octanol–water partition coefficient (Wildman–Crippen LogP) is 0.0672. The summed E-state index contributed by atoms with van der Waals surface area (Å²) in [5.74, 6) is 1.65. The first-order valence-corrected chi connectivity index (χ1v) is 4.99. The molecule has 3 unspecified atom stereocenters. The molecule has 2 rings (SSSR count). The van der Waals surface area contributed by atoms with E-state index in [1.54, 1.807) is 6.92 Å². The zero-order valence-corrected chi connectivity index (χ0v) is 8.66. The number of likely N-dealkylation sites (N-methyl/N-ethyl adjacent to an activating group) is 1. The highest BCUT2D eigenvalue weighted by molar-refractivity contribution is 5.82. The largest absolute Gasteiger partial charge is 0.306 e. The number of carbonyl (C=O) groups is 1. The predicted molar refractivity (Wildman–Crippen MR) is 51.6 cm³/mol. The topological polar surface area (TPSA) is 23.6 Å². The molecule has 2 fully saturated rings. The van der Waals surface area contributed by atoms with E-state index in [1.807, 2.05) is 0 Å². The lowest BCUT2D eigenvalue weighted by Crippen LogP contribution is -2.38. The van der Waals surface area contributed by atoms with Crippen molar-refractivity contribution in [2.45, 2.75) is 13.0 Å². The molecule has 3 heteroatoms. The summed E-state index contributed by atoms with van der Waals surface area (Å²) in [4.78, 5) is 16.0. The number of hydrogen-bond acceptors (Lipinski definition) is 3. The van der Waals surface area contributed by atoms with Crippen LogP contribution in [0, 0.1) is 11.8 Å². The van der Waals surface area contributed by atoms with E-state index in [0.717, 1.165) is 19.0 Å². The maximum atomic E-state index is 11.4. The summed E-state index contributed by atoms with van der Waals surface area (Å²) in [5, 5.41) is 0. The minimum atomic E-state index is 0.190. The van der Waals surface area contributed by atoms with Crippen molar-refractivity contribution in [2.24, 2.45) is 11.8 Å². The van der Waals surface area contributed by atoms with Gasteiger partial charge < -0.3 is 4.90 Å². The van der Waals surface area contributed by atoms with Crippen molar-refractivity contribution in [1.29, 1.82) is 0 Å². The van der Waals surface area contributed by atoms with Crippen molar-refractivity contribution in [2.75, 3.05) is 33.7 Å². The average Bonchev–Trinajstić information content (AvgIpc) is 2.41. The van der Waals surface area contributed by atoms with Gasteiger partial charge in [0, 0.05) is 19.6 Å². The van der Waals surface area contributed by atoms with Crippen LogP contribution in [0.4, 0.5) is 0 Å². The summed E-state index contributed by atoms with van der Waals surface area (Å²) < 4.78 is 0. The van der Waals surface area contributed by atoms with Crippen LogP contribution in [0.15, 0.2) is 0 Å². The lowest BCUT2D eigenvalue weighted by atomic mass is 9.92. The van der Waals surface area contributed by atoms with Crippen LogP contribution in [0.25, 0.3) is 0 Å². The number of fused-ring (bicyclic) bond motifs is 1. The van der Waals surface area contributed by atoms with E-state index in [2.05, 4.69) is 23.9 Å². The molecule has 3 atom stereocenters. The van der Waals surface area contributed by atoms with E-state index in [4.69, 9.17) is 0 Å². The highest BCUT2D eigenvalue weighted by Crippen LogP contribution is 2.34. The van der Waals surface area contributed by atoms with Crippen molar-refractivity contribution < 1.29 is 4.79 Å². The van der Waals surface area contributed by atoms with Crippen molar-refractivity contribution in [3.63, 3.8) is 0 Å². The molecule has 0 radical (unpaired) electrons. The number of rotatable bonds is 1. The van der Waals surface area contributed by atoms with E-state index in [1.165, 1.54) is 6.54 Å². The standard InChI is InChI=1S/C10H18N2O/c1-7(13)10-9-6-11(2)4-8(9)5-12(10)3/h8-10H,4-6H2,1-3H3. The molecule has 0 aromatic heterocycles. The van der Waals surface area contributed by atoms with Gasteiger partial charge in [-0.2, -0.15) is 0 Å². The Morgan fingerprint density at radius 3 is 2.54 bits per heavy atom. The van der Waals surface area contributed by atoms with Crippen LogP contribution in [-0.2, 0) is 4.79 Å². The lowest BCUT2D eigenvalue weighted by Gasteiger charge is -2.22. The second-order valence-corrected chi connectivity index (χ2v) is 4.64. The summed E-state index contributed by atoms with van der Waals surface area (Å²) in [6.45, 7) is 5.08. The Bertz CT molecular complexity index is 229. The minimum Gasteiger partial charge on any atom is -0.306 e. The molecule has 2 heterocycles.